The highest BCUT2D eigenvalue weighted by Gasteiger charge is 2.28. The first kappa shape index (κ1) is 13.1. The van der Waals surface area contributed by atoms with E-state index < -0.39 is 8.56 Å². The van der Waals surface area contributed by atoms with Crippen molar-refractivity contribution in [3.63, 3.8) is 0 Å². The van der Waals surface area contributed by atoms with E-state index in [-0.39, 0.29) is 0 Å². The van der Waals surface area contributed by atoms with Gasteiger partial charge >= 0.3 is 8.56 Å². The molecule has 0 aromatic rings. The van der Waals surface area contributed by atoms with Gasteiger partial charge in [0.05, 0.1) is 13.2 Å². The molecule has 0 aromatic carbocycles. The van der Waals surface area contributed by atoms with Crippen molar-refractivity contribution in [1.82, 2.24) is 5.32 Å². The molecule has 0 amide bonds. The van der Waals surface area contributed by atoms with E-state index in [1.807, 2.05) is 0 Å². The van der Waals surface area contributed by atoms with Gasteiger partial charge in [-0.05, 0) is 25.4 Å². The van der Waals surface area contributed by atoms with Crippen molar-refractivity contribution >= 4 is 8.56 Å². The molecule has 1 rings (SSSR count). The number of rotatable bonds is 6. The van der Waals surface area contributed by atoms with Crippen LogP contribution in [0.15, 0.2) is 0 Å². The van der Waals surface area contributed by atoms with E-state index in [1.165, 1.54) is 0 Å². The number of ether oxygens (including phenoxy) is 1. The van der Waals surface area contributed by atoms with Gasteiger partial charge < -0.3 is 18.9 Å². The summed E-state index contributed by atoms with van der Waals surface area (Å²) in [4.78, 5) is 0. The zero-order valence-electron chi connectivity index (χ0n) is 10.0. The predicted molar refractivity (Wildman–Crippen MR) is 62.3 cm³/mol. The Hall–Kier alpha value is 0.0569. The minimum absolute atomic E-state index is 0.519. The Morgan fingerprint density at radius 1 is 1.40 bits per heavy atom. The van der Waals surface area contributed by atoms with Gasteiger partial charge in [0.1, 0.15) is 0 Å². The van der Waals surface area contributed by atoms with Crippen molar-refractivity contribution in [3.05, 3.63) is 0 Å². The molecule has 1 heterocycles. The molecule has 4 nitrogen and oxygen atoms in total. The van der Waals surface area contributed by atoms with Crippen molar-refractivity contribution in [2.24, 2.45) is 0 Å². The molecule has 5 heteroatoms. The van der Waals surface area contributed by atoms with Crippen LogP contribution in [0.3, 0.4) is 0 Å². The fourth-order valence-corrected chi connectivity index (χ4v) is 3.18. The molecule has 0 aliphatic carbocycles. The molecular formula is C10H23NO3Si. The van der Waals surface area contributed by atoms with Gasteiger partial charge in [-0.15, -0.1) is 0 Å². The Bertz CT molecular complexity index is 170. The average molecular weight is 233 g/mol. The lowest BCUT2D eigenvalue weighted by molar-refractivity contribution is 0.0737. The first-order chi connectivity index (χ1) is 7.20. The lowest BCUT2D eigenvalue weighted by Gasteiger charge is -2.26. The van der Waals surface area contributed by atoms with Gasteiger partial charge in [-0.3, -0.25) is 0 Å². The standard InChI is InChI=1S/C10H23NO3Si/c1-12-15(3,13-2)8-4-5-10-9-14-7-6-11-10/h10-11H,4-9H2,1-3H3. The van der Waals surface area contributed by atoms with E-state index >= 15 is 0 Å². The maximum Gasteiger partial charge on any atom is 0.334 e. The molecule has 0 aromatic heterocycles. The maximum atomic E-state index is 5.44. The molecule has 0 radical (unpaired) electrons. The molecule has 15 heavy (non-hydrogen) atoms. The summed E-state index contributed by atoms with van der Waals surface area (Å²) in [6.07, 6.45) is 2.29. The highest BCUT2D eigenvalue weighted by molar-refractivity contribution is 6.65. The average Bonchev–Trinajstić information content (AvgIpc) is 2.30. The van der Waals surface area contributed by atoms with Gasteiger partial charge in [0.25, 0.3) is 0 Å². The summed E-state index contributed by atoms with van der Waals surface area (Å²) in [6.45, 7) is 4.78. The van der Waals surface area contributed by atoms with Gasteiger partial charge in [-0.1, -0.05) is 0 Å². The zero-order valence-corrected chi connectivity index (χ0v) is 11.0. The van der Waals surface area contributed by atoms with E-state index in [0.29, 0.717) is 6.04 Å². The highest BCUT2D eigenvalue weighted by Crippen LogP contribution is 2.16. The lowest BCUT2D eigenvalue weighted by atomic mass is 10.1. The molecule has 1 aliphatic rings. The molecule has 90 valence electrons. The Morgan fingerprint density at radius 2 is 2.13 bits per heavy atom. The summed E-state index contributed by atoms with van der Waals surface area (Å²) in [7, 11) is 1.64. The van der Waals surface area contributed by atoms with Crippen LogP contribution in [-0.2, 0) is 13.6 Å². The van der Waals surface area contributed by atoms with Gasteiger partial charge in [-0.2, -0.15) is 0 Å². The third-order valence-corrected chi connectivity index (χ3v) is 6.03. The van der Waals surface area contributed by atoms with Crippen LogP contribution in [0.5, 0.6) is 0 Å². The lowest BCUT2D eigenvalue weighted by Crippen LogP contribution is -2.42. The maximum absolute atomic E-state index is 5.44. The first-order valence-electron chi connectivity index (χ1n) is 5.61. The Balaban J connectivity index is 2.14. The fourth-order valence-electron chi connectivity index (χ4n) is 1.76. The van der Waals surface area contributed by atoms with E-state index in [0.717, 1.165) is 38.6 Å². The van der Waals surface area contributed by atoms with Crippen molar-refractivity contribution < 1.29 is 13.6 Å². The van der Waals surface area contributed by atoms with Crippen LogP contribution in [0, 0.1) is 0 Å². The Labute approximate surface area is 93.5 Å². The highest BCUT2D eigenvalue weighted by atomic mass is 28.4. The number of nitrogens with one attached hydrogen (secondary N) is 1. The van der Waals surface area contributed by atoms with Crippen LogP contribution in [0.4, 0.5) is 0 Å². The van der Waals surface area contributed by atoms with E-state index in [2.05, 4.69) is 11.9 Å². The monoisotopic (exact) mass is 233 g/mol. The Kier molecular flexibility index (Phi) is 5.77. The van der Waals surface area contributed by atoms with E-state index in [9.17, 15) is 0 Å². The molecule has 0 bridgehead atoms. The zero-order chi connectivity index (χ0) is 11.1. The summed E-state index contributed by atoms with van der Waals surface area (Å²) in [6, 6.07) is 1.57. The van der Waals surface area contributed by atoms with Crippen molar-refractivity contribution in [3.8, 4) is 0 Å². The summed E-state index contributed by atoms with van der Waals surface area (Å²) in [5.74, 6) is 0. The van der Waals surface area contributed by atoms with Crippen LogP contribution >= 0.6 is 0 Å². The van der Waals surface area contributed by atoms with Crippen molar-refractivity contribution in [2.75, 3.05) is 34.0 Å². The topological polar surface area (TPSA) is 39.7 Å². The fraction of sp³-hybridized carbons (Fsp3) is 1.00. The van der Waals surface area contributed by atoms with Crippen LogP contribution in [0.1, 0.15) is 12.8 Å². The largest absolute Gasteiger partial charge is 0.398 e. The molecule has 1 aliphatic heterocycles. The van der Waals surface area contributed by atoms with Crippen LogP contribution in [-0.4, -0.2) is 48.6 Å². The van der Waals surface area contributed by atoms with Crippen LogP contribution < -0.4 is 5.32 Å². The molecular weight excluding hydrogens is 210 g/mol. The molecule has 1 unspecified atom stereocenters. The second kappa shape index (κ2) is 6.60. The SMILES string of the molecule is CO[Si](C)(CCCC1COCCN1)OC. The third kappa shape index (κ3) is 4.61. The smallest absolute Gasteiger partial charge is 0.334 e. The summed E-state index contributed by atoms with van der Waals surface area (Å²) in [5.41, 5.74) is 0. The van der Waals surface area contributed by atoms with Gasteiger partial charge in [0.15, 0.2) is 0 Å². The van der Waals surface area contributed by atoms with Gasteiger partial charge in [-0.25, -0.2) is 0 Å². The normalized spacial score (nSPS) is 23.0. The van der Waals surface area contributed by atoms with Crippen molar-refractivity contribution in [1.29, 1.82) is 0 Å². The summed E-state index contributed by atoms with van der Waals surface area (Å²) >= 11 is 0. The van der Waals surface area contributed by atoms with E-state index in [1.54, 1.807) is 14.2 Å². The molecule has 1 saturated heterocycles. The third-order valence-electron chi connectivity index (χ3n) is 3.05. The molecule has 1 fully saturated rings. The number of hydrogen-bond acceptors (Lipinski definition) is 4. The minimum atomic E-state index is -1.85. The quantitative estimate of drug-likeness (QED) is 0.698. The first-order valence-corrected chi connectivity index (χ1v) is 8.14. The molecule has 1 atom stereocenters. The van der Waals surface area contributed by atoms with Crippen LogP contribution in [0.2, 0.25) is 12.6 Å². The van der Waals surface area contributed by atoms with E-state index in [4.69, 9.17) is 13.6 Å². The minimum Gasteiger partial charge on any atom is -0.398 e. The summed E-state index contributed by atoms with van der Waals surface area (Å²) < 4.78 is 16.3. The molecule has 1 N–H and O–H groups in total. The van der Waals surface area contributed by atoms with Gasteiger partial charge in [0, 0.05) is 26.8 Å². The van der Waals surface area contributed by atoms with Crippen molar-refractivity contribution in [2.45, 2.75) is 31.5 Å². The number of hydrogen-bond donors (Lipinski definition) is 1. The number of morpholine rings is 1. The summed E-state index contributed by atoms with van der Waals surface area (Å²) in [5, 5.41) is 3.45. The molecule has 0 spiro atoms. The molecule has 0 saturated carbocycles. The van der Waals surface area contributed by atoms with Crippen LogP contribution in [0.25, 0.3) is 0 Å². The predicted octanol–water partition coefficient (Wildman–Crippen LogP) is 1.12. The van der Waals surface area contributed by atoms with Gasteiger partial charge in [0.2, 0.25) is 0 Å². The second-order valence-corrected chi connectivity index (χ2v) is 7.74. The Morgan fingerprint density at radius 3 is 2.67 bits per heavy atom. The second-order valence-electron chi connectivity index (χ2n) is 4.16.